The second-order valence-electron chi connectivity index (χ2n) is 4.07. The third kappa shape index (κ3) is 8.05. The maximum atomic E-state index is 7.75. The van der Waals surface area contributed by atoms with Crippen molar-refractivity contribution in [2.24, 2.45) is 0 Å². The molecular weight excluding hydrogens is 581 g/mol. The molecule has 115 valence electrons. The van der Waals surface area contributed by atoms with Gasteiger partial charge in [-0.05, 0) is 63.2 Å². The van der Waals surface area contributed by atoms with E-state index in [0.717, 1.165) is 11.0 Å². The van der Waals surface area contributed by atoms with E-state index in [1.165, 1.54) is 18.3 Å². The Balaban J connectivity index is 0.000000381. The average Bonchev–Trinajstić information content (AvgIpc) is 2.60. The monoisotopic (exact) mass is 591 g/mol. The van der Waals surface area contributed by atoms with Crippen molar-refractivity contribution in [3.05, 3.63) is 77.5 Å². The molecule has 2 aromatic rings. The van der Waals surface area contributed by atoms with E-state index in [1.54, 1.807) is 0 Å². The average molecular weight is 592 g/mol. The van der Waals surface area contributed by atoms with Gasteiger partial charge in [0.15, 0.2) is 11.4 Å². The first kappa shape index (κ1) is 22.2. The molecule has 0 unspecified atom stereocenters. The van der Waals surface area contributed by atoms with Crippen LogP contribution in [0.3, 0.4) is 0 Å². The molecule has 0 bridgehead atoms. The van der Waals surface area contributed by atoms with Crippen molar-refractivity contribution in [3.8, 4) is 0 Å². The number of hydrogen-bond donors (Lipinski definition) is 0. The number of rotatable bonds is 1. The molecular formula is C16H11BBrI2N2O. The van der Waals surface area contributed by atoms with Gasteiger partial charge in [0.05, 0.1) is 13.1 Å². The predicted molar refractivity (Wildman–Crippen MR) is 115 cm³/mol. The Morgan fingerprint density at radius 2 is 1.48 bits per heavy atom. The van der Waals surface area contributed by atoms with Crippen LogP contribution in [0.4, 0.5) is 11.4 Å². The molecule has 0 aliphatic rings. The van der Waals surface area contributed by atoms with Crippen LogP contribution < -0.4 is 0 Å². The molecule has 7 heteroatoms. The Labute approximate surface area is 173 Å². The Bertz CT molecular complexity index is 742. The number of hydrogen-bond acceptors (Lipinski definition) is 1. The zero-order chi connectivity index (χ0) is 17.8. The van der Waals surface area contributed by atoms with Gasteiger partial charge >= 0.3 is 12.4 Å². The van der Waals surface area contributed by atoms with Crippen molar-refractivity contribution in [2.75, 3.05) is 0 Å². The molecule has 2 rings (SSSR count). The molecule has 0 spiro atoms. The van der Waals surface area contributed by atoms with E-state index in [1.807, 2.05) is 43.3 Å². The van der Waals surface area contributed by atoms with Gasteiger partial charge in [-0.15, -0.1) is 0 Å². The molecule has 0 aliphatic heterocycles. The first-order valence-corrected chi connectivity index (χ1v) is 9.38. The van der Waals surface area contributed by atoms with Crippen LogP contribution in [-0.4, -0.2) is 7.72 Å². The largest absolute Gasteiger partial charge is 0.238 e. The molecule has 0 N–H and O–H groups in total. The third-order valence-electron chi connectivity index (χ3n) is 2.57. The SMILES string of the molecule is [B]=O.[C-]#[N+]c1ccc(I)c(C)c1.[C-]#[N+]c1ccc(I)c(CBr)c1. The maximum Gasteiger partial charge on any atom is 0.187 e. The summed E-state index contributed by atoms with van der Waals surface area (Å²) in [5.74, 6) is 0. The quantitative estimate of drug-likeness (QED) is 0.163. The fraction of sp³-hybridized carbons (Fsp3) is 0.125. The summed E-state index contributed by atoms with van der Waals surface area (Å²) in [6.07, 6.45) is 0. The molecule has 2 aromatic carbocycles. The minimum absolute atomic E-state index is 0.708. The van der Waals surface area contributed by atoms with Crippen molar-refractivity contribution in [1.82, 2.24) is 0 Å². The third-order valence-corrected chi connectivity index (χ3v) is 5.44. The van der Waals surface area contributed by atoms with Crippen molar-refractivity contribution in [3.63, 3.8) is 0 Å². The Morgan fingerprint density at radius 3 is 1.91 bits per heavy atom. The van der Waals surface area contributed by atoms with E-state index < -0.39 is 0 Å². The summed E-state index contributed by atoms with van der Waals surface area (Å²) < 4.78 is 10.2. The number of alkyl halides is 1. The van der Waals surface area contributed by atoms with Crippen molar-refractivity contribution < 1.29 is 4.70 Å². The molecule has 0 amide bonds. The normalized spacial score (nSPS) is 8.39. The molecule has 0 saturated heterocycles. The van der Waals surface area contributed by atoms with E-state index in [4.69, 9.17) is 17.8 Å². The maximum absolute atomic E-state index is 7.75. The Morgan fingerprint density at radius 1 is 1.00 bits per heavy atom. The van der Waals surface area contributed by atoms with Gasteiger partial charge in [0.1, 0.15) is 0 Å². The van der Waals surface area contributed by atoms with Gasteiger partial charge in [-0.3, -0.25) is 0 Å². The molecule has 0 atom stereocenters. The molecule has 3 nitrogen and oxygen atoms in total. The zero-order valence-electron chi connectivity index (χ0n) is 12.2. The Kier molecular flexibility index (Phi) is 12.2. The van der Waals surface area contributed by atoms with Gasteiger partial charge in [-0.25, -0.2) is 9.69 Å². The minimum atomic E-state index is 0.708. The van der Waals surface area contributed by atoms with E-state index in [9.17, 15) is 0 Å². The first-order valence-electron chi connectivity index (χ1n) is 6.10. The molecule has 0 aromatic heterocycles. The molecule has 0 fully saturated rings. The molecule has 23 heavy (non-hydrogen) atoms. The molecule has 1 radical (unpaired) electrons. The van der Waals surface area contributed by atoms with E-state index in [0.29, 0.717) is 5.69 Å². The standard InChI is InChI=1S/C8H5BrIN.C8H6IN.BO/c1-11-7-2-3-8(10)6(4-7)5-9;1-6-5-7(10-2)3-4-8(6)9;1-2/h2-4H,5H2;3-5H,1H3;. The van der Waals surface area contributed by atoms with Crippen LogP contribution >= 0.6 is 61.1 Å². The summed E-state index contributed by atoms with van der Waals surface area (Å²) in [7, 11) is 3.25. The number of benzene rings is 2. The molecule has 0 aliphatic carbocycles. The topological polar surface area (TPSA) is 25.8 Å². The summed E-state index contributed by atoms with van der Waals surface area (Å²) in [4.78, 5) is 6.67. The van der Waals surface area contributed by atoms with Crippen LogP contribution in [-0.2, 0) is 10.0 Å². The van der Waals surface area contributed by atoms with Crippen LogP contribution in [0.1, 0.15) is 11.1 Å². The summed E-state index contributed by atoms with van der Waals surface area (Å²) in [6.45, 7) is 15.5. The minimum Gasteiger partial charge on any atom is -0.238 e. The van der Waals surface area contributed by atoms with Crippen molar-refractivity contribution >= 4 is 80.2 Å². The van der Waals surface area contributed by atoms with Crippen LogP contribution in [0.5, 0.6) is 0 Å². The fourth-order valence-corrected chi connectivity index (χ4v) is 3.28. The number of halogens is 3. The summed E-state index contributed by atoms with van der Waals surface area (Å²) >= 11 is 7.88. The number of aryl methyl sites for hydroxylation is 1. The fourth-order valence-electron chi connectivity index (χ4n) is 1.43. The van der Waals surface area contributed by atoms with Crippen molar-refractivity contribution in [2.45, 2.75) is 12.3 Å². The first-order chi connectivity index (χ1) is 11.0. The summed E-state index contributed by atoms with van der Waals surface area (Å²) in [5.41, 5.74) is 3.78. The molecule has 0 heterocycles. The van der Waals surface area contributed by atoms with Crippen LogP contribution in [0.2, 0.25) is 0 Å². The summed E-state index contributed by atoms with van der Waals surface area (Å²) in [6, 6.07) is 11.4. The van der Waals surface area contributed by atoms with Gasteiger partial charge < -0.3 is 0 Å². The molecule has 0 saturated carbocycles. The van der Waals surface area contributed by atoms with Crippen LogP contribution in [0, 0.1) is 27.2 Å². The van der Waals surface area contributed by atoms with E-state index in [-0.39, 0.29) is 0 Å². The second kappa shape index (κ2) is 12.6. The van der Waals surface area contributed by atoms with Gasteiger partial charge in [-0.2, -0.15) is 0 Å². The number of nitrogens with zero attached hydrogens (tertiary/aromatic N) is 2. The van der Waals surface area contributed by atoms with Crippen LogP contribution in [0.25, 0.3) is 9.69 Å². The van der Waals surface area contributed by atoms with Crippen molar-refractivity contribution in [1.29, 1.82) is 0 Å². The van der Waals surface area contributed by atoms with Gasteiger partial charge in [0, 0.05) is 12.5 Å². The smallest absolute Gasteiger partial charge is 0.187 e. The predicted octanol–water partition coefficient (Wildman–Crippen LogP) is 6.39. The van der Waals surface area contributed by atoms with E-state index in [2.05, 4.69) is 78.5 Å². The zero-order valence-corrected chi connectivity index (χ0v) is 18.1. The second-order valence-corrected chi connectivity index (χ2v) is 6.95. The van der Waals surface area contributed by atoms with Gasteiger partial charge in [0.2, 0.25) is 0 Å². The Hall–Kier alpha value is -0.775. The van der Waals surface area contributed by atoms with Gasteiger partial charge in [0.25, 0.3) is 0 Å². The van der Waals surface area contributed by atoms with Gasteiger partial charge in [-0.1, -0.05) is 52.3 Å². The van der Waals surface area contributed by atoms with E-state index >= 15 is 0 Å². The summed E-state index contributed by atoms with van der Waals surface area (Å²) in [5, 5.41) is 0.814. The van der Waals surface area contributed by atoms with Crippen LogP contribution in [0.15, 0.2) is 36.4 Å².